The molecule has 36 heavy (non-hydrogen) atoms. The number of benzene rings is 3. The van der Waals surface area contributed by atoms with Crippen molar-refractivity contribution in [2.45, 2.75) is 38.2 Å². The van der Waals surface area contributed by atoms with Crippen LogP contribution < -0.4 is 9.64 Å². The van der Waals surface area contributed by atoms with Crippen LogP contribution in [0.15, 0.2) is 78.9 Å². The Morgan fingerprint density at radius 1 is 0.917 bits per heavy atom. The van der Waals surface area contributed by atoms with E-state index in [1.165, 1.54) is 4.90 Å². The molecule has 188 valence electrons. The second kappa shape index (κ2) is 11.7. The van der Waals surface area contributed by atoms with Crippen molar-refractivity contribution in [3.05, 3.63) is 90.0 Å². The quantitative estimate of drug-likeness (QED) is 0.415. The maximum Gasteiger partial charge on any atom is 0.418 e. The summed E-state index contributed by atoms with van der Waals surface area (Å²) in [7, 11) is 0. The van der Waals surface area contributed by atoms with Crippen LogP contribution in [0.3, 0.4) is 0 Å². The van der Waals surface area contributed by atoms with Gasteiger partial charge in [0.1, 0.15) is 5.75 Å². The second-order valence-corrected chi connectivity index (χ2v) is 8.76. The lowest BCUT2D eigenvalue weighted by Crippen LogP contribution is -2.38. The molecule has 1 aliphatic carbocycles. The lowest BCUT2D eigenvalue weighted by atomic mass is 9.78. The first kappa shape index (κ1) is 25.3. The van der Waals surface area contributed by atoms with Gasteiger partial charge >= 0.3 is 12.1 Å². The molecule has 1 atom stereocenters. The minimum absolute atomic E-state index is 0.0832. The minimum atomic E-state index is -1.00. The van der Waals surface area contributed by atoms with Gasteiger partial charge in [0.05, 0.1) is 30.2 Å². The molecule has 0 saturated carbocycles. The van der Waals surface area contributed by atoms with Crippen LogP contribution in [0.4, 0.5) is 16.2 Å². The normalized spacial score (nSPS) is 16.5. The zero-order valence-electron chi connectivity index (χ0n) is 20.4. The van der Waals surface area contributed by atoms with Gasteiger partial charge in [0.15, 0.2) is 6.61 Å². The Morgan fingerprint density at radius 3 is 2.22 bits per heavy atom. The van der Waals surface area contributed by atoms with E-state index >= 15 is 0 Å². The van der Waals surface area contributed by atoms with Crippen LogP contribution in [-0.2, 0) is 27.1 Å². The summed E-state index contributed by atoms with van der Waals surface area (Å²) in [5, 5.41) is 11.3. The molecule has 0 fully saturated rings. The minimum Gasteiger partial charge on any atom is -0.482 e. The van der Waals surface area contributed by atoms with Gasteiger partial charge in [-0.1, -0.05) is 48.5 Å². The fourth-order valence-corrected chi connectivity index (χ4v) is 4.46. The molecular weight excluding hydrogens is 458 g/mol. The van der Waals surface area contributed by atoms with Gasteiger partial charge in [-0.05, 0) is 61.2 Å². The smallest absolute Gasteiger partial charge is 0.418 e. The molecule has 7 heteroatoms. The molecule has 3 aromatic carbocycles. The first-order valence-corrected chi connectivity index (χ1v) is 12.2. The monoisotopic (exact) mass is 489 g/mol. The maximum absolute atomic E-state index is 13.1. The van der Waals surface area contributed by atoms with Gasteiger partial charge in [0.25, 0.3) is 0 Å². The first-order valence-electron chi connectivity index (χ1n) is 12.2. The van der Waals surface area contributed by atoms with Gasteiger partial charge in [-0.3, -0.25) is 0 Å². The number of hydrogen-bond acceptors (Lipinski definition) is 6. The van der Waals surface area contributed by atoms with E-state index in [-0.39, 0.29) is 13.2 Å². The number of carbonyl (C=O) groups excluding carboxylic acids is 2. The number of aliphatic hydroxyl groups is 1. The molecule has 0 aromatic heterocycles. The molecule has 0 heterocycles. The molecule has 0 saturated heterocycles. The zero-order chi connectivity index (χ0) is 25.4. The van der Waals surface area contributed by atoms with Gasteiger partial charge in [0, 0.05) is 12.8 Å². The Kier molecular flexibility index (Phi) is 8.23. The standard InChI is InChI=1S/C29H31NO6/c1-2-34-27(31)21-36-26-15-9-10-22-20-29(33,17-16-25(22)26)18-19-35-28(32)30(23-11-5-3-6-12-23)24-13-7-4-8-14-24/h3-15,33H,2,16-21H2,1H3. The van der Waals surface area contributed by atoms with Crippen LogP contribution in [-0.4, -0.2) is 42.6 Å². The predicted molar refractivity (Wildman–Crippen MR) is 137 cm³/mol. The van der Waals surface area contributed by atoms with Gasteiger partial charge in [-0.2, -0.15) is 0 Å². The molecule has 1 N–H and O–H groups in total. The molecule has 4 rings (SSSR count). The van der Waals surface area contributed by atoms with E-state index in [9.17, 15) is 14.7 Å². The molecule has 0 radical (unpaired) electrons. The highest BCUT2D eigenvalue weighted by atomic mass is 16.6. The van der Waals surface area contributed by atoms with E-state index < -0.39 is 17.7 Å². The Bertz CT molecular complexity index is 1130. The van der Waals surface area contributed by atoms with Crippen molar-refractivity contribution in [3.63, 3.8) is 0 Å². The number of rotatable bonds is 9. The zero-order valence-corrected chi connectivity index (χ0v) is 20.4. The third-order valence-corrected chi connectivity index (χ3v) is 6.25. The van der Waals surface area contributed by atoms with Crippen molar-refractivity contribution < 1.29 is 28.9 Å². The summed E-state index contributed by atoms with van der Waals surface area (Å²) < 4.78 is 16.2. The van der Waals surface area contributed by atoms with Gasteiger partial charge in [0.2, 0.25) is 0 Å². The van der Waals surface area contributed by atoms with Crippen molar-refractivity contribution in [3.8, 4) is 5.75 Å². The Labute approximate surface area is 211 Å². The highest BCUT2D eigenvalue weighted by Gasteiger charge is 2.34. The van der Waals surface area contributed by atoms with Crippen LogP contribution in [0.25, 0.3) is 0 Å². The van der Waals surface area contributed by atoms with E-state index in [1.54, 1.807) is 6.92 Å². The van der Waals surface area contributed by atoms with E-state index in [0.29, 0.717) is 49.4 Å². The SMILES string of the molecule is CCOC(=O)COc1cccc2c1CCC(O)(CCOC(=O)N(c1ccccc1)c1ccccc1)C2. The number of hydrogen-bond donors (Lipinski definition) is 1. The number of carbonyl (C=O) groups is 2. The maximum atomic E-state index is 13.1. The van der Waals surface area contributed by atoms with Crippen molar-refractivity contribution in [2.24, 2.45) is 0 Å². The summed E-state index contributed by atoms with van der Waals surface area (Å²) in [6.07, 6.45) is 1.32. The lowest BCUT2D eigenvalue weighted by Gasteiger charge is -2.34. The molecule has 1 unspecified atom stereocenters. The highest BCUT2D eigenvalue weighted by molar-refractivity contribution is 5.95. The summed E-state index contributed by atoms with van der Waals surface area (Å²) in [5.41, 5.74) is 2.36. The number of amides is 1. The third-order valence-electron chi connectivity index (χ3n) is 6.25. The lowest BCUT2D eigenvalue weighted by molar-refractivity contribution is -0.145. The molecular formula is C29H31NO6. The summed E-state index contributed by atoms with van der Waals surface area (Å²) in [6.45, 7) is 1.99. The fourth-order valence-electron chi connectivity index (χ4n) is 4.46. The Morgan fingerprint density at radius 2 is 1.58 bits per heavy atom. The molecule has 1 amide bonds. The number of anilines is 2. The van der Waals surface area contributed by atoms with Gasteiger partial charge in [-0.15, -0.1) is 0 Å². The number of nitrogens with zero attached hydrogens (tertiary/aromatic N) is 1. The van der Waals surface area contributed by atoms with Crippen molar-refractivity contribution >= 4 is 23.4 Å². The highest BCUT2D eigenvalue weighted by Crippen LogP contribution is 2.36. The average molecular weight is 490 g/mol. The topological polar surface area (TPSA) is 85.3 Å². The van der Waals surface area contributed by atoms with Crippen molar-refractivity contribution in [1.82, 2.24) is 0 Å². The van der Waals surface area contributed by atoms with Crippen LogP contribution in [0, 0.1) is 0 Å². The average Bonchev–Trinajstić information content (AvgIpc) is 2.89. The Hall–Kier alpha value is -3.84. The largest absolute Gasteiger partial charge is 0.482 e. The number of ether oxygens (including phenoxy) is 3. The molecule has 7 nitrogen and oxygen atoms in total. The summed E-state index contributed by atoms with van der Waals surface area (Å²) in [6, 6.07) is 24.3. The van der Waals surface area contributed by atoms with Crippen molar-refractivity contribution in [1.29, 1.82) is 0 Å². The van der Waals surface area contributed by atoms with Crippen molar-refractivity contribution in [2.75, 3.05) is 24.7 Å². The van der Waals surface area contributed by atoms with Crippen LogP contribution >= 0.6 is 0 Å². The third kappa shape index (κ3) is 6.23. The van der Waals surface area contributed by atoms with E-state index in [0.717, 1.165) is 11.1 Å². The molecule has 0 aliphatic heterocycles. The Balaban J connectivity index is 1.38. The number of para-hydroxylation sites is 2. The number of fused-ring (bicyclic) bond motifs is 1. The fraction of sp³-hybridized carbons (Fsp3) is 0.310. The number of esters is 1. The second-order valence-electron chi connectivity index (χ2n) is 8.76. The van der Waals surface area contributed by atoms with Crippen LogP contribution in [0.2, 0.25) is 0 Å². The predicted octanol–water partition coefficient (Wildman–Crippen LogP) is 5.21. The molecule has 1 aliphatic rings. The van der Waals surface area contributed by atoms with E-state index in [4.69, 9.17) is 14.2 Å². The van der Waals surface area contributed by atoms with Gasteiger partial charge in [-0.25, -0.2) is 14.5 Å². The summed E-state index contributed by atoms with van der Waals surface area (Å²) in [5.74, 6) is 0.222. The summed E-state index contributed by atoms with van der Waals surface area (Å²) in [4.78, 5) is 26.3. The van der Waals surface area contributed by atoms with E-state index in [2.05, 4.69) is 0 Å². The van der Waals surface area contributed by atoms with Crippen LogP contribution in [0.1, 0.15) is 30.9 Å². The molecule has 3 aromatic rings. The van der Waals surface area contributed by atoms with Crippen LogP contribution in [0.5, 0.6) is 5.75 Å². The van der Waals surface area contributed by atoms with Gasteiger partial charge < -0.3 is 19.3 Å². The summed E-state index contributed by atoms with van der Waals surface area (Å²) >= 11 is 0. The van der Waals surface area contributed by atoms with E-state index in [1.807, 2.05) is 78.9 Å². The molecule has 0 bridgehead atoms. The molecule has 0 spiro atoms. The first-order chi connectivity index (χ1) is 17.5.